The average Bonchev–Trinajstić information content (AvgIpc) is 2.53. The number of nitrogens with one attached hydrogen (secondary N) is 2. The van der Waals surface area contributed by atoms with Crippen LogP contribution in [0, 0.1) is 5.82 Å². The molecule has 0 saturated carbocycles. The molecule has 2 aromatic rings. The topological polar surface area (TPSA) is 58.2 Å². The average molecular weight is 312 g/mol. The van der Waals surface area contributed by atoms with E-state index in [1.807, 2.05) is 6.92 Å². The first-order valence-electron chi connectivity index (χ1n) is 7.21. The summed E-state index contributed by atoms with van der Waals surface area (Å²) in [7, 11) is 0. The molecular weight excluding hydrogens is 295 g/mol. The first-order valence-corrected chi connectivity index (χ1v) is 7.21. The fraction of sp³-hybridized carbons (Fsp3) is 0.111. The molecule has 0 aliphatic carbocycles. The molecule has 0 spiro atoms. The third-order valence-corrected chi connectivity index (χ3v) is 3.01. The molecule has 2 amide bonds. The van der Waals surface area contributed by atoms with E-state index in [0.29, 0.717) is 23.4 Å². The second-order valence-corrected chi connectivity index (χ2v) is 4.82. The number of anilines is 1. The largest absolute Gasteiger partial charge is 0.352 e. The summed E-state index contributed by atoms with van der Waals surface area (Å²) in [5.74, 6) is -0.914. The molecule has 118 valence electrons. The lowest BCUT2D eigenvalue weighted by atomic mass is 10.2. The van der Waals surface area contributed by atoms with E-state index >= 15 is 0 Å². The number of benzene rings is 2. The van der Waals surface area contributed by atoms with Crippen molar-refractivity contribution < 1.29 is 14.0 Å². The van der Waals surface area contributed by atoms with Crippen molar-refractivity contribution in [2.75, 3.05) is 11.9 Å². The maximum atomic E-state index is 13.0. The zero-order chi connectivity index (χ0) is 16.7. The Balaban J connectivity index is 2.03. The monoisotopic (exact) mass is 312 g/mol. The van der Waals surface area contributed by atoms with Gasteiger partial charge in [0.25, 0.3) is 5.91 Å². The summed E-state index contributed by atoms with van der Waals surface area (Å²) in [6.07, 6.45) is 2.83. The van der Waals surface area contributed by atoms with Gasteiger partial charge in [-0.1, -0.05) is 18.2 Å². The molecule has 0 saturated heterocycles. The van der Waals surface area contributed by atoms with Crippen molar-refractivity contribution in [2.45, 2.75) is 6.92 Å². The Morgan fingerprint density at radius 1 is 1.13 bits per heavy atom. The standard InChI is InChI=1S/C18H17FN2O2/c1-2-20-18(23)14-6-4-8-16(12-14)21-17(22)10-9-13-5-3-7-15(19)11-13/h3-12H,2H2,1H3,(H,20,23)(H,21,22)/b10-9+. The van der Waals surface area contributed by atoms with Crippen molar-refractivity contribution >= 4 is 23.6 Å². The normalized spacial score (nSPS) is 10.5. The van der Waals surface area contributed by atoms with E-state index in [2.05, 4.69) is 10.6 Å². The highest BCUT2D eigenvalue weighted by atomic mass is 19.1. The molecule has 5 heteroatoms. The van der Waals surface area contributed by atoms with Crippen LogP contribution in [-0.4, -0.2) is 18.4 Å². The van der Waals surface area contributed by atoms with Crippen LogP contribution in [0.4, 0.5) is 10.1 Å². The SMILES string of the molecule is CCNC(=O)c1cccc(NC(=O)/C=C/c2cccc(F)c2)c1. The molecule has 2 N–H and O–H groups in total. The molecule has 0 aliphatic rings. The number of amides is 2. The smallest absolute Gasteiger partial charge is 0.251 e. The van der Waals surface area contributed by atoms with E-state index < -0.39 is 0 Å². The van der Waals surface area contributed by atoms with Crippen LogP contribution >= 0.6 is 0 Å². The van der Waals surface area contributed by atoms with Gasteiger partial charge >= 0.3 is 0 Å². The van der Waals surface area contributed by atoms with E-state index in [4.69, 9.17) is 0 Å². The van der Waals surface area contributed by atoms with Gasteiger partial charge in [-0.15, -0.1) is 0 Å². The van der Waals surface area contributed by atoms with Gasteiger partial charge in [0.05, 0.1) is 0 Å². The minimum Gasteiger partial charge on any atom is -0.352 e. The van der Waals surface area contributed by atoms with Crippen LogP contribution in [0.1, 0.15) is 22.8 Å². The Morgan fingerprint density at radius 2 is 1.91 bits per heavy atom. The summed E-state index contributed by atoms with van der Waals surface area (Å²) in [5, 5.41) is 5.36. The van der Waals surface area contributed by atoms with Crippen molar-refractivity contribution in [3.63, 3.8) is 0 Å². The highest BCUT2D eigenvalue weighted by Crippen LogP contribution is 2.11. The first kappa shape index (κ1) is 16.4. The van der Waals surface area contributed by atoms with Gasteiger partial charge in [0, 0.05) is 23.9 Å². The minimum atomic E-state index is -0.359. The van der Waals surface area contributed by atoms with Crippen LogP contribution in [0.5, 0.6) is 0 Å². The van der Waals surface area contributed by atoms with E-state index in [-0.39, 0.29) is 17.6 Å². The van der Waals surface area contributed by atoms with Gasteiger partial charge in [-0.05, 0) is 48.9 Å². The molecule has 4 nitrogen and oxygen atoms in total. The van der Waals surface area contributed by atoms with Crippen LogP contribution in [-0.2, 0) is 4.79 Å². The molecule has 0 aliphatic heterocycles. The maximum absolute atomic E-state index is 13.0. The predicted octanol–water partition coefficient (Wildman–Crippen LogP) is 3.23. The van der Waals surface area contributed by atoms with Crippen molar-refractivity contribution in [3.8, 4) is 0 Å². The van der Waals surface area contributed by atoms with E-state index in [9.17, 15) is 14.0 Å². The highest BCUT2D eigenvalue weighted by Gasteiger charge is 2.05. The third kappa shape index (κ3) is 5.07. The number of hydrogen-bond acceptors (Lipinski definition) is 2. The summed E-state index contributed by atoms with van der Waals surface area (Å²) in [5.41, 5.74) is 1.58. The molecule has 0 bridgehead atoms. The van der Waals surface area contributed by atoms with Crippen LogP contribution in [0.15, 0.2) is 54.6 Å². The summed E-state index contributed by atoms with van der Waals surface area (Å²) < 4.78 is 13.0. The first-order chi connectivity index (χ1) is 11.1. The summed E-state index contributed by atoms with van der Waals surface area (Å²) >= 11 is 0. The molecule has 2 rings (SSSR count). The number of halogens is 1. The van der Waals surface area contributed by atoms with Gasteiger partial charge in [-0.2, -0.15) is 0 Å². The lowest BCUT2D eigenvalue weighted by Gasteiger charge is -2.06. The lowest BCUT2D eigenvalue weighted by Crippen LogP contribution is -2.22. The van der Waals surface area contributed by atoms with Gasteiger partial charge in [-0.3, -0.25) is 9.59 Å². The van der Waals surface area contributed by atoms with Crippen molar-refractivity contribution in [1.29, 1.82) is 0 Å². The van der Waals surface area contributed by atoms with Gasteiger partial charge in [0.2, 0.25) is 5.91 Å². The Bertz CT molecular complexity index is 741. The van der Waals surface area contributed by atoms with Gasteiger partial charge in [0.15, 0.2) is 0 Å². The molecule has 0 radical (unpaired) electrons. The maximum Gasteiger partial charge on any atom is 0.251 e. The van der Waals surface area contributed by atoms with Crippen LogP contribution in [0.3, 0.4) is 0 Å². The highest BCUT2D eigenvalue weighted by molar-refractivity contribution is 6.03. The van der Waals surface area contributed by atoms with Gasteiger partial charge in [-0.25, -0.2) is 4.39 Å². The Kier molecular flexibility index (Phi) is 5.63. The Hall–Kier alpha value is -2.95. The third-order valence-electron chi connectivity index (χ3n) is 3.01. The van der Waals surface area contributed by atoms with Gasteiger partial charge < -0.3 is 10.6 Å². The number of hydrogen-bond donors (Lipinski definition) is 2. The molecule has 0 heterocycles. The van der Waals surface area contributed by atoms with Crippen LogP contribution in [0.2, 0.25) is 0 Å². The zero-order valence-electron chi connectivity index (χ0n) is 12.7. The van der Waals surface area contributed by atoms with E-state index in [1.54, 1.807) is 36.4 Å². The molecule has 23 heavy (non-hydrogen) atoms. The van der Waals surface area contributed by atoms with Crippen molar-refractivity contribution in [2.24, 2.45) is 0 Å². The van der Waals surface area contributed by atoms with E-state index in [0.717, 1.165) is 0 Å². The lowest BCUT2D eigenvalue weighted by molar-refractivity contribution is -0.111. The number of carbonyl (C=O) groups is 2. The Morgan fingerprint density at radius 3 is 2.65 bits per heavy atom. The van der Waals surface area contributed by atoms with Gasteiger partial charge in [0.1, 0.15) is 5.82 Å². The second-order valence-electron chi connectivity index (χ2n) is 4.82. The molecule has 0 fully saturated rings. The van der Waals surface area contributed by atoms with Crippen molar-refractivity contribution in [3.05, 3.63) is 71.6 Å². The summed E-state index contributed by atoms with van der Waals surface area (Å²) in [6.45, 7) is 2.37. The number of rotatable bonds is 5. The predicted molar refractivity (Wildman–Crippen MR) is 88.5 cm³/mol. The van der Waals surface area contributed by atoms with Crippen LogP contribution < -0.4 is 10.6 Å². The summed E-state index contributed by atoms with van der Waals surface area (Å²) in [6, 6.07) is 12.6. The fourth-order valence-corrected chi connectivity index (χ4v) is 1.97. The quantitative estimate of drug-likeness (QED) is 0.833. The van der Waals surface area contributed by atoms with Crippen molar-refractivity contribution in [1.82, 2.24) is 5.32 Å². The molecule has 0 aromatic heterocycles. The summed E-state index contributed by atoms with van der Waals surface area (Å²) in [4.78, 5) is 23.6. The zero-order valence-corrected chi connectivity index (χ0v) is 12.7. The minimum absolute atomic E-state index is 0.195. The second kappa shape index (κ2) is 7.89. The molecule has 0 unspecified atom stereocenters. The Labute approximate surface area is 134 Å². The fourth-order valence-electron chi connectivity index (χ4n) is 1.97. The number of carbonyl (C=O) groups excluding carboxylic acids is 2. The molecule has 2 aromatic carbocycles. The molecule has 0 atom stereocenters. The van der Waals surface area contributed by atoms with Crippen LogP contribution in [0.25, 0.3) is 6.08 Å². The molecular formula is C18H17FN2O2. The van der Waals surface area contributed by atoms with E-state index in [1.165, 1.54) is 24.3 Å².